The van der Waals surface area contributed by atoms with Crippen molar-refractivity contribution >= 4 is 0 Å². The van der Waals surface area contributed by atoms with Crippen LogP contribution in [0.3, 0.4) is 0 Å². The summed E-state index contributed by atoms with van der Waals surface area (Å²) >= 11 is 0. The van der Waals surface area contributed by atoms with Crippen LogP contribution in [0.1, 0.15) is 53.4 Å². The van der Waals surface area contributed by atoms with Crippen molar-refractivity contribution in [2.75, 3.05) is 19.7 Å². The molecular weight excluding hydrogens is 248 g/mol. The molecule has 1 aliphatic carbocycles. The molecule has 2 bridgehead atoms. The van der Waals surface area contributed by atoms with Gasteiger partial charge >= 0.3 is 0 Å². The van der Waals surface area contributed by atoms with Gasteiger partial charge in [0.15, 0.2) is 0 Å². The van der Waals surface area contributed by atoms with Crippen molar-refractivity contribution in [2.45, 2.75) is 71.5 Å². The first-order valence-electron chi connectivity index (χ1n) is 8.63. The van der Waals surface area contributed by atoms with E-state index in [4.69, 9.17) is 0 Å². The monoisotopic (exact) mass is 282 g/mol. The molecule has 3 heteroatoms. The molecule has 0 aromatic carbocycles. The predicted octanol–water partition coefficient (Wildman–Crippen LogP) is 2.49. The molecule has 1 heterocycles. The Hall–Kier alpha value is -0.120. The van der Waals surface area contributed by atoms with E-state index in [2.05, 4.69) is 37.9 Å². The first-order valence-corrected chi connectivity index (χ1v) is 8.63. The average molecular weight is 282 g/mol. The number of rotatable bonds is 6. The Morgan fingerprint density at radius 2 is 1.70 bits per heavy atom. The molecule has 3 atom stereocenters. The Labute approximate surface area is 125 Å². The lowest BCUT2D eigenvalue weighted by atomic mass is 9.72. The van der Waals surface area contributed by atoms with E-state index in [1.165, 1.54) is 32.4 Å². The number of hydrogen-bond acceptors (Lipinski definition) is 3. The first-order chi connectivity index (χ1) is 9.52. The van der Waals surface area contributed by atoms with Crippen LogP contribution in [0, 0.1) is 17.8 Å². The van der Waals surface area contributed by atoms with Crippen LogP contribution in [0.5, 0.6) is 0 Å². The summed E-state index contributed by atoms with van der Waals surface area (Å²) < 4.78 is 0. The Balaban J connectivity index is 2.00. The molecule has 2 aliphatic rings. The van der Waals surface area contributed by atoms with E-state index in [1.54, 1.807) is 0 Å². The molecule has 3 nitrogen and oxygen atoms in total. The molecule has 0 amide bonds. The normalized spacial score (nSPS) is 32.9. The third-order valence-corrected chi connectivity index (χ3v) is 5.49. The number of aliphatic hydroxyl groups excluding tert-OH is 1. The molecule has 0 aromatic rings. The van der Waals surface area contributed by atoms with Crippen LogP contribution < -0.4 is 5.32 Å². The number of likely N-dealkylation sites (tertiary alicyclic amines) is 1. The third-order valence-electron chi connectivity index (χ3n) is 5.49. The number of fused-ring (bicyclic) bond motifs is 2. The number of nitrogens with one attached hydrogen (secondary N) is 1. The van der Waals surface area contributed by atoms with Gasteiger partial charge in [-0.2, -0.15) is 0 Å². The van der Waals surface area contributed by atoms with E-state index >= 15 is 0 Å². The fourth-order valence-electron chi connectivity index (χ4n) is 4.16. The van der Waals surface area contributed by atoms with Gasteiger partial charge in [0.2, 0.25) is 0 Å². The second-order valence-electron chi connectivity index (χ2n) is 7.55. The minimum atomic E-state index is 0.302. The Bertz CT molecular complexity index is 279. The van der Waals surface area contributed by atoms with E-state index in [-0.39, 0.29) is 0 Å². The molecular formula is C17H34N2O. The summed E-state index contributed by atoms with van der Waals surface area (Å²) in [7, 11) is 0. The van der Waals surface area contributed by atoms with Gasteiger partial charge in [-0.1, -0.05) is 20.3 Å². The van der Waals surface area contributed by atoms with E-state index in [0.717, 1.165) is 18.3 Å². The molecule has 0 aromatic heterocycles. The lowest BCUT2D eigenvalue weighted by Crippen LogP contribution is -2.60. The topological polar surface area (TPSA) is 35.5 Å². The van der Waals surface area contributed by atoms with Gasteiger partial charge in [0.05, 0.1) is 0 Å². The van der Waals surface area contributed by atoms with Gasteiger partial charge in [-0.25, -0.2) is 0 Å². The zero-order valence-electron chi connectivity index (χ0n) is 13.8. The van der Waals surface area contributed by atoms with Crippen molar-refractivity contribution in [1.29, 1.82) is 0 Å². The second kappa shape index (κ2) is 7.24. The Morgan fingerprint density at radius 3 is 2.15 bits per heavy atom. The van der Waals surface area contributed by atoms with Crippen molar-refractivity contribution in [1.82, 2.24) is 10.2 Å². The van der Waals surface area contributed by atoms with E-state index < -0.39 is 0 Å². The van der Waals surface area contributed by atoms with Gasteiger partial charge in [-0.05, 0) is 50.9 Å². The molecule has 20 heavy (non-hydrogen) atoms. The minimum Gasteiger partial charge on any atom is -0.396 e. The van der Waals surface area contributed by atoms with Crippen LogP contribution in [0.4, 0.5) is 0 Å². The standard InChI is InChI=1S/C17H34N2O/c1-12(2)16(8-9-20)18-17-14-6-5-7-15(17)11-19(10-14)13(3)4/h12-18,20H,5-11H2,1-4H3. The maximum Gasteiger partial charge on any atom is 0.0445 e. The van der Waals surface area contributed by atoms with Crippen molar-refractivity contribution in [3.63, 3.8) is 0 Å². The highest BCUT2D eigenvalue weighted by Gasteiger charge is 2.40. The average Bonchev–Trinajstić information content (AvgIpc) is 2.37. The van der Waals surface area contributed by atoms with Gasteiger partial charge in [0, 0.05) is 37.8 Å². The molecule has 1 saturated heterocycles. The summed E-state index contributed by atoms with van der Waals surface area (Å²) in [5.74, 6) is 2.22. The summed E-state index contributed by atoms with van der Waals surface area (Å²) in [4.78, 5) is 2.67. The molecule has 3 unspecified atom stereocenters. The summed E-state index contributed by atoms with van der Waals surface area (Å²) in [6.45, 7) is 12.0. The second-order valence-corrected chi connectivity index (χ2v) is 7.55. The Kier molecular flexibility index (Phi) is 5.88. The number of piperidine rings is 1. The van der Waals surface area contributed by atoms with Crippen LogP contribution in [0.25, 0.3) is 0 Å². The van der Waals surface area contributed by atoms with E-state index in [0.29, 0.717) is 30.7 Å². The summed E-state index contributed by atoms with van der Waals surface area (Å²) in [6, 6.07) is 1.83. The zero-order valence-corrected chi connectivity index (χ0v) is 13.8. The summed E-state index contributed by atoms with van der Waals surface area (Å²) in [5, 5.41) is 13.2. The van der Waals surface area contributed by atoms with E-state index in [1.807, 2.05) is 0 Å². The summed E-state index contributed by atoms with van der Waals surface area (Å²) in [5.41, 5.74) is 0. The molecule has 118 valence electrons. The molecule has 2 N–H and O–H groups in total. The van der Waals surface area contributed by atoms with Crippen molar-refractivity contribution in [2.24, 2.45) is 17.8 Å². The quantitative estimate of drug-likeness (QED) is 0.786. The highest BCUT2D eigenvalue weighted by atomic mass is 16.3. The largest absolute Gasteiger partial charge is 0.396 e. The van der Waals surface area contributed by atoms with Crippen LogP contribution >= 0.6 is 0 Å². The first kappa shape index (κ1) is 16.3. The lowest BCUT2D eigenvalue weighted by Gasteiger charge is -2.50. The van der Waals surface area contributed by atoms with Gasteiger partial charge in [0.1, 0.15) is 0 Å². The van der Waals surface area contributed by atoms with E-state index in [9.17, 15) is 5.11 Å². The smallest absolute Gasteiger partial charge is 0.0445 e. The van der Waals surface area contributed by atoms with Gasteiger partial charge < -0.3 is 15.3 Å². The molecule has 0 spiro atoms. The third kappa shape index (κ3) is 3.75. The maximum atomic E-state index is 9.28. The lowest BCUT2D eigenvalue weighted by molar-refractivity contribution is 0.0207. The maximum absolute atomic E-state index is 9.28. The van der Waals surface area contributed by atoms with Crippen molar-refractivity contribution in [3.8, 4) is 0 Å². The SMILES string of the molecule is CC(C)C(CCO)NC1C2CCCC1CN(C(C)C)C2. The van der Waals surface area contributed by atoms with Gasteiger partial charge in [0.25, 0.3) is 0 Å². The highest BCUT2D eigenvalue weighted by Crippen LogP contribution is 2.36. The molecule has 2 fully saturated rings. The number of aliphatic hydroxyl groups is 1. The Morgan fingerprint density at radius 1 is 1.10 bits per heavy atom. The molecule has 1 aliphatic heterocycles. The summed E-state index contributed by atoms with van der Waals surface area (Å²) in [6.07, 6.45) is 5.05. The van der Waals surface area contributed by atoms with Gasteiger partial charge in [-0.15, -0.1) is 0 Å². The fraction of sp³-hybridized carbons (Fsp3) is 1.00. The number of hydrogen-bond donors (Lipinski definition) is 2. The predicted molar refractivity (Wildman–Crippen MR) is 84.8 cm³/mol. The van der Waals surface area contributed by atoms with Crippen LogP contribution in [-0.2, 0) is 0 Å². The molecule has 2 rings (SSSR count). The fourth-order valence-corrected chi connectivity index (χ4v) is 4.16. The highest BCUT2D eigenvalue weighted by molar-refractivity contribution is 4.97. The van der Waals surface area contributed by atoms with Crippen molar-refractivity contribution in [3.05, 3.63) is 0 Å². The minimum absolute atomic E-state index is 0.302. The molecule has 0 radical (unpaired) electrons. The van der Waals surface area contributed by atoms with Crippen LogP contribution in [-0.4, -0.2) is 47.8 Å². The van der Waals surface area contributed by atoms with Crippen LogP contribution in [0.2, 0.25) is 0 Å². The van der Waals surface area contributed by atoms with Crippen molar-refractivity contribution < 1.29 is 5.11 Å². The zero-order chi connectivity index (χ0) is 14.7. The van der Waals surface area contributed by atoms with Gasteiger partial charge in [-0.3, -0.25) is 0 Å². The number of nitrogens with zero attached hydrogens (tertiary/aromatic N) is 1. The van der Waals surface area contributed by atoms with Crippen LogP contribution in [0.15, 0.2) is 0 Å². The molecule has 1 saturated carbocycles.